The summed E-state index contributed by atoms with van der Waals surface area (Å²) in [7, 11) is 0. The lowest BCUT2D eigenvalue weighted by Gasteiger charge is -2.14. The Balaban J connectivity index is 2.19. The summed E-state index contributed by atoms with van der Waals surface area (Å²) < 4.78 is 24.1. The second kappa shape index (κ2) is 7.85. The van der Waals surface area contributed by atoms with E-state index in [9.17, 15) is 9.11 Å². The van der Waals surface area contributed by atoms with E-state index in [1.807, 2.05) is 66.7 Å². The molecule has 0 N–H and O–H groups in total. The molecule has 2 nitrogen and oxygen atoms in total. The second-order valence-electron chi connectivity index (χ2n) is 5.63. The lowest BCUT2D eigenvalue weighted by molar-refractivity contribution is 0.600. The van der Waals surface area contributed by atoms with Crippen molar-refractivity contribution in [2.45, 2.75) is 9.79 Å². The molecule has 0 aliphatic heterocycles. The molecule has 0 saturated heterocycles. The monoisotopic (exact) mass is 388 g/mol. The fourth-order valence-corrected chi connectivity index (χ4v) is 4.58. The van der Waals surface area contributed by atoms with Gasteiger partial charge in [-0.25, -0.2) is 0 Å². The lowest BCUT2D eigenvalue weighted by Crippen LogP contribution is -2.01. The number of benzene rings is 3. The van der Waals surface area contributed by atoms with Crippen molar-refractivity contribution in [2.24, 2.45) is 0 Å². The van der Waals surface area contributed by atoms with E-state index in [-0.39, 0.29) is 0 Å². The van der Waals surface area contributed by atoms with E-state index in [0.29, 0.717) is 5.02 Å². The molecule has 0 aromatic heterocycles. The third-order valence-electron chi connectivity index (χ3n) is 3.91. The van der Waals surface area contributed by atoms with Crippen molar-refractivity contribution in [2.75, 3.05) is 12.5 Å². The van der Waals surface area contributed by atoms with Crippen molar-refractivity contribution in [3.63, 3.8) is 0 Å². The van der Waals surface area contributed by atoms with Crippen molar-refractivity contribution < 1.29 is 9.11 Å². The molecule has 3 aromatic rings. The summed E-state index contributed by atoms with van der Waals surface area (Å²) in [5.74, 6) is 0. The SMILES string of the molecule is C[S+]([O-])c1ccccc1-c1cc(Cl)cc(-c2ccccc2[S+](C)[O-])c1. The number of hydrogen-bond donors (Lipinski definition) is 0. The molecule has 0 aliphatic carbocycles. The maximum Gasteiger partial charge on any atom is 0.160 e. The Labute approximate surface area is 159 Å². The molecule has 0 aliphatic rings. The van der Waals surface area contributed by atoms with Gasteiger partial charge < -0.3 is 9.11 Å². The normalized spacial score (nSPS) is 13.5. The molecule has 0 saturated carbocycles. The highest BCUT2D eigenvalue weighted by Crippen LogP contribution is 2.35. The van der Waals surface area contributed by atoms with E-state index >= 15 is 0 Å². The van der Waals surface area contributed by atoms with Gasteiger partial charge in [-0.1, -0.05) is 35.9 Å². The van der Waals surface area contributed by atoms with Crippen molar-refractivity contribution in [3.8, 4) is 22.3 Å². The molecule has 0 amide bonds. The van der Waals surface area contributed by atoms with Crippen LogP contribution in [0.15, 0.2) is 76.5 Å². The number of rotatable bonds is 4. The summed E-state index contributed by atoms with van der Waals surface area (Å²) in [5.41, 5.74) is 3.57. The zero-order valence-electron chi connectivity index (χ0n) is 13.9. The van der Waals surface area contributed by atoms with Gasteiger partial charge in [-0.05, 0) is 75.9 Å². The van der Waals surface area contributed by atoms with E-state index < -0.39 is 22.4 Å². The molecule has 0 fully saturated rings. The predicted molar refractivity (Wildman–Crippen MR) is 107 cm³/mol. The van der Waals surface area contributed by atoms with Crippen LogP contribution < -0.4 is 0 Å². The van der Waals surface area contributed by atoms with Gasteiger partial charge in [0.2, 0.25) is 0 Å². The van der Waals surface area contributed by atoms with Gasteiger partial charge in [-0.2, -0.15) is 0 Å². The van der Waals surface area contributed by atoms with Gasteiger partial charge in [0.05, 0.1) is 0 Å². The minimum absolute atomic E-state index is 0.584. The third-order valence-corrected chi connectivity index (χ3v) is 6.08. The quantitative estimate of drug-likeness (QED) is 0.580. The maximum absolute atomic E-state index is 12.1. The summed E-state index contributed by atoms with van der Waals surface area (Å²) >= 11 is 4.16. The van der Waals surface area contributed by atoms with Crippen molar-refractivity contribution >= 4 is 34.0 Å². The van der Waals surface area contributed by atoms with Crippen LogP contribution in [-0.4, -0.2) is 21.6 Å². The fourth-order valence-electron chi connectivity index (χ4n) is 2.81. The summed E-state index contributed by atoms with van der Waals surface area (Å²) in [6.07, 6.45) is 3.33. The van der Waals surface area contributed by atoms with Gasteiger partial charge in [0, 0.05) is 16.1 Å². The molecule has 5 heteroatoms. The van der Waals surface area contributed by atoms with Crippen molar-refractivity contribution in [3.05, 3.63) is 71.8 Å². The van der Waals surface area contributed by atoms with E-state index in [0.717, 1.165) is 32.0 Å². The van der Waals surface area contributed by atoms with E-state index in [1.165, 1.54) is 0 Å². The van der Waals surface area contributed by atoms with Crippen molar-refractivity contribution in [1.29, 1.82) is 0 Å². The number of hydrogen-bond acceptors (Lipinski definition) is 2. The molecule has 128 valence electrons. The molecule has 0 radical (unpaired) electrons. The lowest BCUT2D eigenvalue weighted by atomic mass is 9.99. The zero-order valence-corrected chi connectivity index (χ0v) is 16.3. The Hall–Kier alpha value is -1.43. The average Bonchev–Trinajstić information content (AvgIpc) is 2.61. The van der Waals surface area contributed by atoms with E-state index in [2.05, 4.69) is 0 Å². The zero-order chi connectivity index (χ0) is 18.0. The Bertz CT molecular complexity index is 825. The van der Waals surface area contributed by atoms with Gasteiger partial charge in [-0.15, -0.1) is 0 Å². The smallest absolute Gasteiger partial charge is 0.160 e. The van der Waals surface area contributed by atoms with Crippen LogP contribution >= 0.6 is 11.6 Å². The number of halogens is 1. The minimum atomic E-state index is -1.10. The maximum atomic E-state index is 12.1. The molecule has 25 heavy (non-hydrogen) atoms. The molecule has 0 heterocycles. The first-order valence-electron chi connectivity index (χ1n) is 7.63. The van der Waals surface area contributed by atoms with Crippen LogP contribution in [0, 0.1) is 0 Å². The molecule has 0 bridgehead atoms. The van der Waals surface area contributed by atoms with Crippen LogP contribution in [0.4, 0.5) is 0 Å². The molecular weight excluding hydrogens is 372 g/mol. The van der Waals surface area contributed by atoms with Crippen LogP contribution in [0.25, 0.3) is 22.3 Å². The van der Waals surface area contributed by atoms with Gasteiger partial charge in [0.15, 0.2) is 9.79 Å². The van der Waals surface area contributed by atoms with Gasteiger partial charge in [0.1, 0.15) is 12.5 Å². The Morgan fingerprint density at radius 2 is 1.08 bits per heavy atom. The average molecular weight is 389 g/mol. The fraction of sp³-hybridized carbons (Fsp3) is 0.100. The summed E-state index contributed by atoms with van der Waals surface area (Å²) in [6, 6.07) is 20.9. The van der Waals surface area contributed by atoms with Crippen LogP contribution in [0.3, 0.4) is 0 Å². The second-order valence-corrected chi connectivity index (χ2v) is 8.76. The topological polar surface area (TPSA) is 46.1 Å². The van der Waals surface area contributed by atoms with Gasteiger partial charge in [0.25, 0.3) is 0 Å². The Morgan fingerprint density at radius 3 is 1.48 bits per heavy atom. The molecule has 3 rings (SSSR count). The first-order valence-corrected chi connectivity index (χ1v) is 11.1. The Kier molecular flexibility index (Phi) is 5.77. The molecule has 0 spiro atoms. The minimum Gasteiger partial charge on any atom is -0.612 e. The largest absolute Gasteiger partial charge is 0.612 e. The van der Waals surface area contributed by atoms with Crippen molar-refractivity contribution in [1.82, 2.24) is 0 Å². The highest BCUT2D eigenvalue weighted by Gasteiger charge is 2.17. The molecule has 3 aromatic carbocycles. The van der Waals surface area contributed by atoms with Crippen LogP contribution in [0.2, 0.25) is 5.02 Å². The first-order chi connectivity index (χ1) is 12.0. The molecule has 2 unspecified atom stereocenters. The van der Waals surface area contributed by atoms with Gasteiger partial charge in [-0.3, -0.25) is 0 Å². The first kappa shape index (κ1) is 18.4. The van der Waals surface area contributed by atoms with Crippen LogP contribution in [-0.2, 0) is 22.4 Å². The standard InChI is InChI=1S/C20H17ClO2S2/c1-24(22)19-9-5-3-7-17(19)14-11-15(13-16(21)12-14)18-8-4-6-10-20(18)25(2)23/h3-13H,1-2H3. The molecular formula is C20H17ClO2S2. The highest BCUT2D eigenvalue weighted by atomic mass is 35.5. The summed E-state index contributed by atoms with van der Waals surface area (Å²) in [6.45, 7) is 0. The third kappa shape index (κ3) is 4.05. The van der Waals surface area contributed by atoms with E-state index in [4.69, 9.17) is 11.6 Å². The van der Waals surface area contributed by atoms with Crippen LogP contribution in [0.5, 0.6) is 0 Å². The van der Waals surface area contributed by atoms with Gasteiger partial charge >= 0.3 is 0 Å². The highest BCUT2D eigenvalue weighted by molar-refractivity contribution is 7.91. The van der Waals surface area contributed by atoms with E-state index in [1.54, 1.807) is 12.5 Å². The Morgan fingerprint density at radius 1 is 0.680 bits per heavy atom. The molecule has 2 atom stereocenters. The predicted octanol–water partition coefficient (Wildman–Crippen LogP) is 5.15. The summed E-state index contributed by atoms with van der Waals surface area (Å²) in [5, 5.41) is 0.584. The van der Waals surface area contributed by atoms with Crippen LogP contribution in [0.1, 0.15) is 0 Å². The summed E-state index contributed by atoms with van der Waals surface area (Å²) in [4.78, 5) is 1.53.